The van der Waals surface area contributed by atoms with Crippen molar-refractivity contribution in [2.45, 2.75) is 5.16 Å². The van der Waals surface area contributed by atoms with E-state index in [9.17, 15) is 4.79 Å². The lowest BCUT2D eigenvalue weighted by Gasteiger charge is -2.05. The van der Waals surface area contributed by atoms with Gasteiger partial charge in [0.1, 0.15) is 5.56 Å². The molecule has 16 heavy (non-hydrogen) atoms. The van der Waals surface area contributed by atoms with Gasteiger partial charge in [0.15, 0.2) is 5.16 Å². The monoisotopic (exact) mass is 239 g/mol. The fourth-order valence-electron chi connectivity index (χ4n) is 0.988. The number of aromatic nitrogens is 2. The zero-order chi connectivity index (χ0) is 12.1. The predicted octanol–water partition coefficient (Wildman–Crippen LogP) is 1.43. The van der Waals surface area contributed by atoms with Gasteiger partial charge in [-0.3, -0.25) is 0 Å². The van der Waals surface area contributed by atoms with Gasteiger partial charge in [-0.1, -0.05) is 11.8 Å². The molecule has 1 heterocycles. The zero-order valence-corrected chi connectivity index (χ0v) is 10.2. The summed E-state index contributed by atoms with van der Waals surface area (Å²) in [6.07, 6.45) is 6.58. The Bertz CT molecular complexity index is 419. The second kappa shape index (κ2) is 5.50. The largest absolute Gasteiger partial charge is 0.478 e. The Morgan fingerprint density at radius 1 is 1.56 bits per heavy atom. The molecule has 0 spiro atoms. The molecule has 0 saturated carbocycles. The molecule has 0 radical (unpaired) electrons. The molecular weight excluding hydrogens is 226 g/mol. The Labute approximate surface area is 98.2 Å². The third-order valence-electron chi connectivity index (χ3n) is 1.74. The second-order valence-corrected chi connectivity index (χ2v) is 4.01. The fraction of sp³-hybridized carbons (Fsp3) is 0.300. The molecule has 1 aromatic heterocycles. The summed E-state index contributed by atoms with van der Waals surface area (Å²) in [7, 11) is 3.71. The molecule has 0 aliphatic heterocycles. The van der Waals surface area contributed by atoms with E-state index in [1.807, 2.05) is 25.3 Å². The maximum Gasteiger partial charge on any atom is 0.339 e. The number of rotatable bonds is 4. The summed E-state index contributed by atoms with van der Waals surface area (Å²) in [6, 6.07) is 0. The van der Waals surface area contributed by atoms with Crippen molar-refractivity contribution < 1.29 is 9.90 Å². The minimum Gasteiger partial charge on any atom is -0.478 e. The van der Waals surface area contributed by atoms with Crippen LogP contribution in [-0.4, -0.2) is 46.3 Å². The van der Waals surface area contributed by atoms with Gasteiger partial charge in [0.05, 0.1) is 5.69 Å². The van der Waals surface area contributed by atoms with Crippen LogP contribution in [0, 0.1) is 0 Å². The van der Waals surface area contributed by atoms with Crippen molar-refractivity contribution in [1.82, 2.24) is 14.9 Å². The average Bonchev–Trinajstić information content (AvgIpc) is 2.25. The van der Waals surface area contributed by atoms with Crippen LogP contribution in [0.3, 0.4) is 0 Å². The molecule has 0 fully saturated rings. The summed E-state index contributed by atoms with van der Waals surface area (Å²) < 4.78 is 0. The van der Waals surface area contributed by atoms with Gasteiger partial charge >= 0.3 is 5.97 Å². The van der Waals surface area contributed by atoms with E-state index in [-0.39, 0.29) is 5.56 Å². The van der Waals surface area contributed by atoms with Crippen LogP contribution in [0.25, 0.3) is 6.08 Å². The maximum absolute atomic E-state index is 10.9. The number of thioether (sulfide) groups is 1. The first-order valence-corrected chi connectivity index (χ1v) is 5.76. The second-order valence-electron chi connectivity index (χ2n) is 3.24. The molecular formula is C10H13N3O2S. The van der Waals surface area contributed by atoms with Crippen molar-refractivity contribution in [3.63, 3.8) is 0 Å². The van der Waals surface area contributed by atoms with Crippen molar-refractivity contribution in [3.8, 4) is 0 Å². The van der Waals surface area contributed by atoms with E-state index in [2.05, 4.69) is 9.97 Å². The lowest BCUT2D eigenvalue weighted by Crippen LogP contribution is -2.05. The van der Waals surface area contributed by atoms with Crippen LogP contribution in [0.4, 0.5) is 0 Å². The van der Waals surface area contributed by atoms with Crippen LogP contribution in [0.5, 0.6) is 0 Å². The Kier molecular flexibility index (Phi) is 4.30. The molecule has 0 bridgehead atoms. The van der Waals surface area contributed by atoms with E-state index in [0.717, 1.165) is 0 Å². The van der Waals surface area contributed by atoms with E-state index >= 15 is 0 Å². The highest BCUT2D eigenvalue weighted by molar-refractivity contribution is 7.98. The van der Waals surface area contributed by atoms with E-state index in [0.29, 0.717) is 10.9 Å². The zero-order valence-electron chi connectivity index (χ0n) is 9.34. The number of hydrogen-bond donors (Lipinski definition) is 1. The molecule has 0 saturated heterocycles. The number of carbonyl (C=O) groups is 1. The molecule has 5 nitrogen and oxygen atoms in total. The van der Waals surface area contributed by atoms with E-state index in [4.69, 9.17) is 5.11 Å². The Morgan fingerprint density at radius 2 is 2.25 bits per heavy atom. The summed E-state index contributed by atoms with van der Waals surface area (Å²) >= 11 is 1.37. The first kappa shape index (κ1) is 12.5. The highest BCUT2D eigenvalue weighted by Crippen LogP contribution is 2.13. The first-order valence-electron chi connectivity index (χ1n) is 4.53. The smallest absolute Gasteiger partial charge is 0.339 e. The van der Waals surface area contributed by atoms with Gasteiger partial charge in [-0.25, -0.2) is 14.8 Å². The molecule has 0 unspecified atom stereocenters. The van der Waals surface area contributed by atoms with Gasteiger partial charge in [0.2, 0.25) is 0 Å². The van der Waals surface area contributed by atoms with Crippen molar-refractivity contribution in [1.29, 1.82) is 0 Å². The van der Waals surface area contributed by atoms with Crippen molar-refractivity contribution in [2.24, 2.45) is 0 Å². The van der Waals surface area contributed by atoms with Crippen LogP contribution in [0.15, 0.2) is 17.6 Å². The van der Waals surface area contributed by atoms with Gasteiger partial charge < -0.3 is 10.0 Å². The quantitative estimate of drug-likeness (QED) is 0.633. The van der Waals surface area contributed by atoms with Crippen LogP contribution in [-0.2, 0) is 0 Å². The number of aromatic carboxylic acids is 1. The maximum atomic E-state index is 10.9. The standard InChI is InChI=1S/C10H13N3O2S/c1-13(2)5-4-8-7(9(14)15)6-11-10(12-8)16-3/h4-6H,1-3H3,(H,14,15)/b5-4+. The van der Waals surface area contributed by atoms with Crippen LogP contribution >= 0.6 is 11.8 Å². The molecule has 0 aliphatic carbocycles. The Morgan fingerprint density at radius 3 is 2.75 bits per heavy atom. The van der Waals surface area contributed by atoms with Crippen LogP contribution < -0.4 is 0 Å². The highest BCUT2D eigenvalue weighted by atomic mass is 32.2. The summed E-state index contributed by atoms with van der Waals surface area (Å²) in [4.78, 5) is 20.8. The average molecular weight is 239 g/mol. The van der Waals surface area contributed by atoms with Crippen molar-refractivity contribution in [2.75, 3.05) is 20.4 Å². The molecule has 86 valence electrons. The van der Waals surface area contributed by atoms with Gasteiger partial charge in [0.25, 0.3) is 0 Å². The fourth-order valence-corrected chi connectivity index (χ4v) is 1.34. The number of hydrogen-bond acceptors (Lipinski definition) is 5. The Hall–Kier alpha value is -1.56. The molecule has 1 rings (SSSR count). The van der Waals surface area contributed by atoms with Crippen LogP contribution in [0.1, 0.15) is 16.1 Å². The van der Waals surface area contributed by atoms with E-state index in [1.54, 1.807) is 12.3 Å². The summed E-state index contributed by atoms with van der Waals surface area (Å²) in [6.45, 7) is 0. The molecule has 0 aromatic carbocycles. The topological polar surface area (TPSA) is 66.3 Å². The van der Waals surface area contributed by atoms with E-state index < -0.39 is 5.97 Å². The van der Waals surface area contributed by atoms with Gasteiger partial charge in [-0.2, -0.15) is 0 Å². The lowest BCUT2D eigenvalue weighted by molar-refractivity contribution is 0.0695. The van der Waals surface area contributed by atoms with Gasteiger partial charge in [-0.05, 0) is 12.3 Å². The van der Waals surface area contributed by atoms with Gasteiger partial charge in [0, 0.05) is 26.5 Å². The third-order valence-corrected chi connectivity index (χ3v) is 2.30. The summed E-state index contributed by atoms with van der Waals surface area (Å²) in [5, 5.41) is 9.52. The number of carboxylic acid groups (broad SMARTS) is 1. The molecule has 0 atom stereocenters. The number of nitrogens with zero attached hydrogens (tertiary/aromatic N) is 3. The van der Waals surface area contributed by atoms with E-state index in [1.165, 1.54) is 18.0 Å². The molecule has 1 aromatic rings. The Balaban J connectivity index is 3.15. The first-order chi connectivity index (χ1) is 7.54. The highest BCUT2D eigenvalue weighted by Gasteiger charge is 2.11. The lowest BCUT2D eigenvalue weighted by atomic mass is 10.2. The summed E-state index contributed by atoms with van der Waals surface area (Å²) in [5.41, 5.74) is 0.524. The van der Waals surface area contributed by atoms with Gasteiger partial charge in [-0.15, -0.1) is 0 Å². The van der Waals surface area contributed by atoms with Crippen molar-refractivity contribution >= 4 is 23.8 Å². The van der Waals surface area contributed by atoms with Crippen molar-refractivity contribution in [3.05, 3.63) is 23.7 Å². The molecule has 0 aliphatic rings. The minimum atomic E-state index is -1.02. The number of carboxylic acids is 1. The molecule has 1 N–H and O–H groups in total. The molecule has 6 heteroatoms. The minimum absolute atomic E-state index is 0.107. The SMILES string of the molecule is CSc1ncc(C(=O)O)c(/C=C/N(C)C)n1. The predicted molar refractivity (Wildman–Crippen MR) is 63.5 cm³/mol. The normalized spacial score (nSPS) is 10.7. The summed E-state index contributed by atoms with van der Waals surface area (Å²) in [5.74, 6) is -1.02. The third kappa shape index (κ3) is 3.23. The van der Waals surface area contributed by atoms with Crippen LogP contribution in [0.2, 0.25) is 0 Å². The molecule has 0 amide bonds.